The molecule has 9 heteroatoms. The fraction of sp³-hybridized carbons (Fsp3) is 0.600. The molecule has 7 nitrogen and oxygen atoms in total. The van der Waals surface area contributed by atoms with E-state index in [1.807, 2.05) is 26.8 Å². The molecule has 0 spiro atoms. The Bertz CT molecular complexity index is 956. The minimum Gasteiger partial charge on any atom is -0.338 e. The van der Waals surface area contributed by atoms with Gasteiger partial charge in [-0.05, 0) is 50.5 Å². The molecular formula is C20H27N3O4S2. The molecule has 3 saturated heterocycles. The lowest BCUT2D eigenvalue weighted by atomic mass is 10.1. The van der Waals surface area contributed by atoms with Crippen molar-refractivity contribution in [2.75, 3.05) is 31.9 Å². The van der Waals surface area contributed by atoms with Gasteiger partial charge in [0.25, 0.3) is 0 Å². The second kappa shape index (κ2) is 7.28. The molecule has 0 unspecified atom stereocenters. The van der Waals surface area contributed by atoms with Crippen LogP contribution in [0.1, 0.15) is 30.9 Å². The molecule has 4 rings (SSSR count). The van der Waals surface area contributed by atoms with E-state index >= 15 is 0 Å². The van der Waals surface area contributed by atoms with Gasteiger partial charge in [-0.1, -0.05) is 6.07 Å². The molecule has 2 atom stereocenters. The van der Waals surface area contributed by atoms with Gasteiger partial charge in [0, 0.05) is 38.4 Å². The van der Waals surface area contributed by atoms with Crippen LogP contribution < -0.4 is 0 Å². The molecular weight excluding hydrogens is 410 g/mol. The summed E-state index contributed by atoms with van der Waals surface area (Å²) in [6.45, 7) is 7.12. The summed E-state index contributed by atoms with van der Waals surface area (Å²) in [7, 11) is -3.58. The quantitative estimate of drug-likeness (QED) is 0.718. The van der Waals surface area contributed by atoms with Gasteiger partial charge >= 0.3 is 0 Å². The minimum atomic E-state index is -3.58. The third-order valence-corrected chi connectivity index (χ3v) is 9.80. The maximum atomic E-state index is 13.1. The van der Waals surface area contributed by atoms with Gasteiger partial charge in [0.05, 0.1) is 9.77 Å². The average molecular weight is 438 g/mol. The number of hydrogen-bond acceptors (Lipinski definition) is 5. The third kappa shape index (κ3) is 3.47. The van der Waals surface area contributed by atoms with Gasteiger partial charge in [0.1, 0.15) is 6.04 Å². The summed E-state index contributed by atoms with van der Waals surface area (Å²) in [4.78, 5) is 28.9. The van der Waals surface area contributed by atoms with Crippen molar-refractivity contribution in [3.05, 3.63) is 29.3 Å². The molecule has 29 heavy (non-hydrogen) atoms. The molecule has 0 N–H and O–H groups in total. The zero-order valence-corrected chi connectivity index (χ0v) is 18.7. The summed E-state index contributed by atoms with van der Waals surface area (Å²) in [5, 5.41) is 0. The SMILES string of the molecule is Cc1ccc(S(=O)(=O)N2CCN(C(=O)[C@@H]3CS[C@]4(C)CCC(=O)N34)CC2)cc1C. The first-order valence-corrected chi connectivity index (χ1v) is 12.4. The number of carbonyl (C=O) groups is 2. The van der Waals surface area contributed by atoms with Gasteiger partial charge in [-0.25, -0.2) is 8.42 Å². The van der Waals surface area contributed by atoms with E-state index in [1.54, 1.807) is 33.7 Å². The number of aryl methyl sites for hydroxylation is 2. The van der Waals surface area contributed by atoms with E-state index in [2.05, 4.69) is 0 Å². The maximum absolute atomic E-state index is 13.1. The molecule has 3 aliphatic heterocycles. The van der Waals surface area contributed by atoms with Gasteiger partial charge < -0.3 is 9.80 Å². The Labute approximate surface area is 176 Å². The first-order chi connectivity index (χ1) is 13.6. The molecule has 158 valence electrons. The van der Waals surface area contributed by atoms with Gasteiger partial charge in [0.2, 0.25) is 21.8 Å². The number of amides is 2. The molecule has 1 aromatic rings. The molecule has 0 radical (unpaired) electrons. The van der Waals surface area contributed by atoms with Crippen molar-refractivity contribution in [3.8, 4) is 0 Å². The van der Waals surface area contributed by atoms with Gasteiger partial charge in [0.15, 0.2) is 0 Å². The van der Waals surface area contributed by atoms with Crippen molar-refractivity contribution < 1.29 is 18.0 Å². The van der Waals surface area contributed by atoms with Crippen molar-refractivity contribution in [1.82, 2.24) is 14.1 Å². The molecule has 3 heterocycles. The summed E-state index contributed by atoms with van der Waals surface area (Å²) >= 11 is 1.68. The average Bonchev–Trinajstić information content (AvgIpc) is 3.19. The van der Waals surface area contributed by atoms with Crippen molar-refractivity contribution >= 4 is 33.6 Å². The summed E-state index contributed by atoms with van der Waals surface area (Å²) in [5.41, 5.74) is 1.99. The van der Waals surface area contributed by atoms with E-state index in [0.717, 1.165) is 17.5 Å². The number of sulfonamides is 1. The summed E-state index contributed by atoms with van der Waals surface area (Å²) in [6, 6.07) is 4.75. The van der Waals surface area contributed by atoms with Crippen LogP contribution in [0.3, 0.4) is 0 Å². The molecule has 3 aliphatic rings. The smallest absolute Gasteiger partial charge is 0.246 e. The Morgan fingerprint density at radius 3 is 2.48 bits per heavy atom. The van der Waals surface area contributed by atoms with E-state index in [1.165, 1.54) is 4.31 Å². The van der Waals surface area contributed by atoms with Crippen molar-refractivity contribution in [2.45, 2.75) is 49.4 Å². The number of hydrogen-bond donors (Lipinski definition) is 0. The van der Waals surface area contributed by atoms with Gasteiger partial charge in [-0.15, -0.1) is 11.8 Å². The van der Waals surface area contributed by atoms with E-state index in [-0.39, 0.29) is 29.8 Å². The number of benzene rings is 1. The summed E-state index contributed by atoms with van der Waals surface area (Å²) in [5.74, 6) is 0.605. The molecule has 0 bridgehead atoms. The standard InChI is InChI=1S/C20H27N3O4S2/c1-14-4-5-16(12-15(14)2)29(26,27)22-10-8-21(9-11-22)19(25)17-13-28-20(3)7-6-18(24)23(17)20/h4-5,12,17H,6-11,13H2,1-3H3/t17-,20+/m0/s1. The van der Waals surface area contributed by atoms with Crippen molar-refractivity contribution in [3.63, 3.8) is 0 Å². The van der Waals surface area contributed by atoms with Gasteiger partial charge in [-0.2, -0.15) is 4.31 Å². The van der Waals surface area contributed by atoms with Crippen LogP contribution in [-0.4, -0.2) is 77.2 Å². The van der Waals surface area contributed by atoms with Crippen LogP contribution in [-0.2, 0) is 19.6 Å². The van der Waals surface area contributed by atoms with Crippen LogP contribution >= 0.6 is 11.8 Å². The zero-order valence-electron chi connectivity index (χ0n) is 17.1. The van der Waals surface area contributed by atoms with Crippen LogP contribution in [0, 0.1) is 13.8 Å². The Morgan fingerprint density at radius 1 is 1.14 bits per heavy atom. The number of rotatable bonds is 3. The molecule has 2 amide bonds. The predicted molar refractivity (Wildman–Crippen MR) is 112 cm³/mol. The number of piperazine rings is 1. The monoisotopic (exact) mass is 437 g/mol. The number of nitrogens with zero attached hydrogens (tertiary/aromatic N) is 3. The van der Waals surface area contributed by atoms with E-state index in [0.29, 0.717) is 30.2 Å². The lowest BCUT2D eigenvalue weighted by Crippen LogP contribution is -2.56. The number of fused-ring (bicyclic) bond motifs is 1. The first-order valence-electron chi connectivity index (χ1n) is 9.96. The predicted octanol–water partition coefficient (Wildman–Crippen LogP) is 1.59. The Morgan fingerprint density at radius 2 is 1.83 bits per heavy atom. The highest BCUT2D eigenvalue weighted by Gasteiger charge is 2.53. The minimum absolute atomic E-state index is 0.0480. The van der Waals surface area contributed by atoms with E-state index < -0.39 is 16.1 Å². The van der Waals surface area contributed by atoms with E-state index in [4.69, 9.17) is 0 Å². The second-order valence-corrected chi connectivity index (χ2v) is 11.7. The fourth-order valence-corrected chi connectivity index (χ4v) is 7.32. The van der Waals surface area contributed by atoms with E-state index in [9.17, 15) is 18.0 Å². The maximum Gasteiger partial charge on any atom is 0.246 e. The Kier molecular flexibility index (Phi) is 5.19. The first kappa shape index (κ1) is 20.7. The lowest BCUT2D eigenvalue weighted by Gasteiger charge is -2.37. The van der Waals surface area contributed by atoms with Crippen LogP contribution in [0.5, 0.6) is 0 Å². The molecule has 3 fully saturated rings. The molecule has 1 aromatic carbocycles. The number of thioether (sulfide) groups is 1. The lowest BCUT2D eigenvalue weighted by molar-refractivity contribution is -0.144. The molecule has 0 aliphatic carbocycles. The highest BCUT2D eigenvalue weighted by atomic mass is 32.2. The Hall–Kier alpha value is -1.58. The summed E-state index contributed by atoms with van der Waals surface area (Å²) < 4.78 is 27.4. The largest absolute Gasteiger partial charge is 0.338 e. The topological polar surface area (TPSA) is 78.0 Å². The molecule has 0 aromatic heterocycles. The number of carbonyl (C=O) groups excluding carboxylic acids is 2. The van der Waals surface area contributed by atoms with Crippen LogP contribution in [0.25, 0.3) is 0 Å². The van der Waals surface area contributed by atoms with Crippen molar-refractivity contribution in [2.24, 2.45) is 0 Å². The van der Waals surface area contributed by atoms with Gasteiger partial charge in [-0.3, -0.25) is 9.59 Å². The van der Waals surface area contributed by atoms with Crippen LogP contribution in [0.4, 0.5) is 0 Å². The zero-order chi connectivity index (χ0) is 21.0. The van der Waals surface area contributed by atoms with Crippen LogP contribution in [0.15, 0.2) is 23.1 Å². The fourth-order valence-electron chi connectivity index (χ4n) is 4.39. The highest BCUT2D eigenvalue weighted by molar-refractivity contribution is 8.01. The highest BCUT2D eigenvalue weighted by Crippen LogP contribution is 2.47. The normalized spacial score (nSPS) is 28.1. The van der Waals surface area contributed by atoms with Crippen molar-refractivity contribution in [1.29, 1.82) is 0 Å². The van der Waals surface area contributed by atoms with Crippen LogP contribution in [0.2, 0.25) is 0 Å². The second-order valence-electron chi connectivity index (χ2n) is 8.24. The third-order valence-electron chi connectivity index (χ3n) is 6.40. The summed E-state index contributed by atoms with van der Waals surface area (Å²) in [6.07, 6.45) is 1.28. The Balaban J connectivity index is 1.43. The molecule has 0 saturated carbocycles.